The molecule has 0 aromatic heterocycles. The molecule has 2 rings (SSSR count). The second-order valence-corrected chi connectivity index (χ2v) is 3.09. The summed E-state index contributed by atoms with van der Waals surface area (Å²) in [6, 6.07) is 7.30. The van der Waals surface area contributed by atoms with Crippen molar-refractivity contribution >= 4 is 12.2 Å². The van der Waals surface area contributed by atoms with E-state index in [1.54, 1.807) is 12.1 Å². The van der Waals surface area contributed by atoms with Crippen LogP contribution in [0.4, 0.5) is 0 Å². The number of hydrogen-bond donors (Lipinski definition) is 1. The molecule has 0 spiro atoms. The molecule has 0 amide bonds. The summed E-state index contributed by atoms with van der Waals surface area (Å²) < 4.78 is 0. The Morgan fingerprint density at radius 1 is 1.20 bits per heavy atom. The summed E-state index contributed by atoms with van der Waals surface area (Å²) in [5, 5.41) is 2.88. The molecular formula is C10H7N3O2. The van der Waals surface area contributed by atoms with Gasteiger partial charge in [0.2, 0.25) is 12.2 Å². The van der Waals surface area contributed by atoms with E-state index in [2.05, 4.69) is 15.3 Å². The van der Waals surface area contributed by atoms with Gasteiger partial charge in [-0.05, 0) is 5.56 Å². The minimum Gasteiger partial charge on any atom is -0.265 e. The third kappa shape index (κ3) is 1.41. The fourth-order valence-electron chi connectivity index (χ4n) is 1.68. The molecule has 0 atom stereocenters. The molecule has 0 aliphatic carbocycles. The minimum absolute atomic E-state index is 0.506. The van der Waals surface area contributed by atoms with E-state index in [-0.39, 0.29) is 0 Å². The van der Waals surface area contributed by atoms with Crippen molar-refractivity contribution in [2.45, 2.75) is 12.3 Å². The number of aliphatic imine (C=N–C) groups is 2. The lowest BCUT2D eigenvalue weighted by atomic mass is 10.1. The van der Waals surface area contributed by atoms with Crippen molar-refractivity contribution in [1.82, 2.24) is 5.32 Å². The molecule has 1 aromatic carbocycles. The largest absolute Gasteiger partial charge is 0.265 e. The first-order chi connectivity index (χ1) is 7.32. The smallest absolute Gasteiger partial charge is 0.254 e. The van der Waals surface area contributed by atoms with Crippen LogP contribution in [0, 0.1) is 0 Å². The highest BCUT2D eigenvalue weighted by molar-refractivity contribution is 5.46. The normalized spacial score (nSPS) is 22.4. The van der Waals surface area contributed by atoms with E-state index in [1.165, 1.54) is 12.2 Å². The van der Waals surface area contributed by atoms with Gasteiger partial charge in [-0.3, -0.25) is 5.32 Å². The van der Waals surface area contributed by atoms with Crippen LogP contribution in [0.3, 0.4) is 0 Å². The number of fused-ring (bicyclic) bond motifs is 1. The summed E-state index contributed by atoms with van der Waals surface area (Å²) in [4.78, 5) is 27.7. The standard InChI is InChI=1S/C10H7N3O2/c14-6-12-10(13-7-15)9-4-2-1-3-8(9)5-11-10/h1-4,11H,5H2. The second-order valence-electron chi connectivity index (χ2n) is 3.09. The molecule has 5 heteroatoms. The van der Waals surface area contributed by atoms with Crippen molar-refractivity contribution in [3.8, 4) is 0 Å². The zero-order valence-corrected chi connectivity index (χ0v) is 7.73. The van der Waals surface area contributed by atoms with Crippen molar-refractivity contribution in [3.63, 3.8) is 0 Å². The Bertz CT molecular complexity index is 467. The zero-order valence-electron chi connectivity index (χ0n) is 7.73. The molecule has 5 nitrogen and oxygen atoms in total. The lowest BCUT2D eigenvalue weighted by Gasteiger charge is -2.16. The van der Waals surface area contributed by atoms with E-state index in [1.807, 2.05) is 12.1 Å². The lowest BCUT2D eigenvalue weighted by molar-refractivity contribution is 0.391. The van der Waals surface area contributed by atoms with E-state index in [0.29, 0.717) is 12.1 Å². The highest BCUT2D eigenvalue weighted by Gasteiger charge is 2.38. The molecule has 0 radical (unpaired) electrons. The molecule has 0 unspecified atom stereocenters. The van der Waals surface area contributed by atoms with Crippen molar-refractivity contribution in [2.24, 2.45) is 9.98 Å². The summed E-state index contributed by atoms with van der Waals surface area (Å²) in [5.74, 6) is -1.32. The fourth-order valence-corrected chi connectivity index (χ4v) is 1.68. The molecule has 1 aliphatic rings. The number of nitrogens with one attached hydrogen (secondary N) is 1. The van der Waals surface area contributed by atoms with Gasteiger partial charge in [0.05, 0.1) is 0 Å². The molecule has 74 valence electrons. The van der Waals surface area contributed by atoms with Crippen LogP contribution in [0.2, 0.25) is 0 Å². The average Bonchev–Trinajstić information content (AvgIpc) is 2.60. The van der Waals surface area contributed by atoms with E-state index in [0.717, 1.165) is 5.56 Å². The Labute approximate surface area is 85.5 Å². The van der Waals surface area contributed by atoms with Gasteiger partial charge >= 0.3 is 0 Å². The highest BCUT2D eigenvalue weighted by Crippen LogP contribution is 2.32. The third-order valence-electron chi connectivity index (χ3n) is 2.33. The van der Waals surface area contributed by atoms with Crippen LogP contribution in [-0.4, -0.2) is 12.2 Å². The topological polar surface area (TPSA) is 70.9 Å². The summed E-state index contributed by atoms with van der Waals surface area (Å²) in [6.07, 6.45) is 2.83. The maximum Gasteiger partial charge on any atom is 0.254 e. The predicted octanol–water partition coefficient (Wildman–Crippen LogP) is 0.572. The van der Waals surface area contributed by atoms with E-state index < -0.39 is 5.79 Å². The van der Waals surface area contributed by atoms with Crippen LogP contribution < -0.4 is 5.32 Å². The lowest BCUT2D eigenvalue weighted by Crippen LogP contribution is -2.32. The molecule has 0 fully saturated rings. The van der Waals surface area contributed by atoms with E-state index in [9.17, 15) is 9.59 Å². The molecule has 0 saturated heterocycles. The van der Waals surface area contributed by atoms with Gasteiger partial charge in [-0.2, -0.15) is 9.98 Å². The van der Waals surface area contributed by atoms with Gasteiger partial charge in [0.15, 0.2) is 0 Å². The van der Waals surface area contributed by atoms with Crippen LogP contribution in [0.25, 0.3) is 0 Å². The molecule has 1 aliphatic heterocycles. The minimum atomic E-state index is -1.32. The molecule has 1 aromatic rings. The number of benzene rings is 1. The number of isocyanates is 2. The Morgan fingerprint density at radius 2 is 1.87 bits per heavy atom. The highest BCUT2D eigenvalue weighted by atomic mass is 16.1. The van der Waals surface area contributed by atoms with Crippen LogP contribution in [0.5, 0.6) is 0 Å². The Morgan fingerprint density at radius 3 is 2.53 bits per heavy atom. The van der Waals surface area contributed by atoms with Crippen molar-refractivity contribution < 1.29 is 9.59 Å². The summed E-state index contributed by atoms with van der Waals surface area (Å²) >= 11 is 0. The molecule has 15 heavy (non-hydrogen) atoms. The van der Waals surface area contributed by atoms with Crippen molar-refractivity contribution in [3.05, 3.63) is 35.4 Å². The molecule has 0 saturated carbocycles. The van der Waals surface area contributed by atoms with E-state index in [4.69, 9.17) is 0 Å². The van der Waals surface area contributed by atoms with Crippen molar-refractivity contribution in [1.29, 1.82) is 0 Å². The number of nitrogens with zero attached hydrogens (tertiary/aromatic N) is 2. The van der Waals surface area contributed by atoms with Gasteiger partial charge in [-0.15, -0.1) is 0 Å². The monoisotopic (exact) mass is 201 g/mol. The van der Waals surface area contributed by atoms with Gasteiger partial charge in [0.25, 0.3) is 5.79 Å². The Balaban J connectivity index is 2.63. The SMILES string of the molecule is O=C=NC1(N=C=O)NCc2ccccc21. The van der Waals surface area contributed by atoms with Crippen LogP contribution in [0.1, 0.15) is 11.1 Å². The molecule has 0 bridgehead atoms. The molecular weight excluding hydrogens is 194 g/mol. The van der Waals surface area contributed by atoms with Gasteiger partial charge in [0, 0.05) is 12.1 Å². The van der Waals surface area contributed by atoms with Gasteiger partial charge in [-0.25, -0.2) is 9.59 Å². The summed E-state index contributed by atoms with van der Waals surface area (Å²) in [5.41, 5.74) is 1.65. The number of carbonyl (C=O) groups excluding carboxylic acids is 2. The second kappa shape index (κ2) is 3.59. The first-order valence-electron chi connectivity index (χ1n) is 4.34. The quantitative estimate of drug-likeness (QED) is 0.561. The molecule has 1 heterocycles. The van der Waals surface area contributed by atoms with Crippen LogP contribution >= 0.6 is 0 Å². The van der Waals surface area contributed by atoms with Gasteiger partial charge in [0.1, 0.15) is 0 Å². The van der Waals surface area contributed by atoms with Gasteiger partial charge in [-0.1, -0.05) is 24.3 Å². The maximum absolute atomic E-state index is 10.3. The number of rotatable bonds is 2. The number of hydrogen-bond acceptors (Lipinski definition) is 5. The molecule has 1 N–H and O–H groups in total. The average molecular weight is 201 g/mol. The van der Waals surface area contributed by atoms with Crippen LogP contribution in [0.15, 0.2) is 34.3 Å². The maximum atomic E-state index is 10.3. The van der Waals surface area contributed by atoms with Crippen molar-refractivity contribution in [2.75, 3.05) is 0 Å². The third-order valence-corrected chi connectivity index (χ3v) is 2.33. The first-order valence-corrected chi connectivity index (χ1v) is 4.34. The first kappa shape index (κ1) is 9.49. The Kier molecular flexibility index (Phi) is 2.27. The van der Waals surface area contributed by atoms with E-state index >= 15 is 0 Å². The Hall–Kier alpha value is -2.06. The predicted molar refractivity (Wildman–Crippen MR) is 51.2 cm³/mol. The summed E-state index contributed by atoms with van der Waals surface area (Å²) in [6.45, 7) is 0.506. The van der Waals surface area contributed by atoms with Gasteiger partial charge < -0.3 is 0 Å². The zero-order chi connectivity index (χ0) is 10.7. The summed E-state index contributed by atoms with van der Waals surface area (Å²) in [7, 11) is 0. The fraction of sp³-hybridized carbons (Fsp3) is 0.200. The van der Waals surface area contributed by atoms with Crippen LogP contribution in [-0.2, 0) is 21.9 Å².